The molecule has 1 heterocycles. The largest absolute Gasteiger partial charge is 0.508 e. The highest BCUT2D eigenvalue weighted by Crippen LogP contribution is 2.35. The number of nitrogens with zero attached hydrogens (tertiary/aromatic N) is 1. The predicted octanol–water partition coefficient (Wildman–Crippen LogP) is 4.04. The lowest BCUT2D eigenvalue weighted by Gasteiger charge is -2.32. The highest BCUT2D eigenvalue weighted by Gasteiger charge is 2.25. The van der Waals surface area contributed by atoms with E-state index >= 15 is 0 Å². The highest BCUT2D eigenvalue weighted by molar-refractivity contribution is 6.30. The van der Waals surface area contributed by atoms with Gasteiger partial charge in [-0.05, 0) is 48.0 Å². The molecule has 4 heteroatoms. The van der Waals surface area contributed by atoms with Gasteiger partial charge in [-0.3, -0.25) is 0 Å². The van der Waals surface area contributed by atoms with Gasteiger partial charge >= 0.3 is 0 Å². The van der Waals surface area contributed by atoms with E-state index in [0.29, 0.717) is 11.7 Å². The molecular formula is C16H17Cl2NO. The Morgan fingerprint density at radius 3 is 2.75 bits per heavy atom. The summed E-state index contributed by atoms with van der Waals surface area (Å²) in [5.74, 6) is 0.645. The lowest BCUT2D eigenvalue weighted by atomic mass is 9.85. The molecule has 1 atom stereocenters. The number of fused-ring (bicyclic) bond motifs is 1. The fourth-order valence-electron chi connectivity index (χ4n) is 2.84. The Kier molecular flexibility index (Phi) is 4.59. The van der Waals surface area contributed by atoms with Crippen LogP contribution < -0.4 is 0 Å². The number of benzene rings is 2. The average molecular weight is 310 g/mol. The Balaban J connectivity index is 0.00000147. The molecule has 2 aromatic rings. The first-order valence-corrected chi connectivity index (χ1v) is 6.77. The summed E-state index contributed by atoms with van der Waals surface area (Å²) in [7, 11) is 2.10. The normalized spacial score (nSPS) is 18.2. The van der Waals surface area contributed by atoms with E-state index in [1.54, 1.807) is 6.07 Å². The summed E-state index contributed by atoms with van der Waals surface area (Å²) >= 11 is 6.10. The van der Waals surface area contributed by atoms with E-state index < -0.39 is 0 Å². The zero-order valence-corrected chi connectivity index (χ0v) is 12.8. The smallest absolute Gasteiger partial charge is 0.115 e. The van der Waals surface area contributed by atoms with Gasteiger partial charge in [-0.25, -0.2) is 0 Å². The standard InChI is InChI=1S/C16H16ClNO.ClH/c1-18-9-12-8-14(19)5-6-15(12)16(10-18)11-3-2-4-13(17)7-11;/h2-8,16,19H,9-10H2,1H3;1H. The molecule has 0 aliphatic carbocycles. The molecule has 1 aliphatic heterocycles. The van der Waals surface area contributed by atoms with Crippen LogP contribution in [-0.2, 0) is 6.54 Å². The van der Waals surface area contributed by atoms with Crippen LogP contribution in [0.25, 0.3) is 0 Å². The maximum absolute atomic E-state index is 9.64. The third-order valence-corrected chi connectivity index (χ3v) is 3.92. The molecule has 2 aromatic carbocycles. The number of phenolic OH excluding ortho intramolecular Hbond substituents is 1. The third kappa shape index (κ3) is 2.93. The van der Waals surface area contributed by atoms with Crippen molar-refractivity contribution in [3.8, 4) is 5.75 Å². The second-order valence-corrected chi connectivity index (χ2v) is 5.62. The quantitative estimate of drug-likeness (QED) is 0.859. The van der Waals surface area contributed by atoms with Crippen molar-refractivity contribution < 1.29 is 5.11 Å². The topological polar surface area (TPSA) is 23.5 Å². The van der Waals surface area contributed by atoms with Crippen LogP contribution in [-0.4, -0.2) is 23.6 Å². The molecule has 1 N–H and O–H groups in total. The second kappa shape index (κ2) is 6.04. The van der Waals surface area contributed by atoms with Crippen LogP contribution in [0.3, 0.4) is 0 Å². The van der Waals surface area contributed by atoms with Crippen LogP contribution in [0.5, 0.6) is 5.75 Å². The first-order valence-electron chi connectivity index (χ1n) is 6.39. The number of likely N-dealkylation sites (N-methyl/N-ethyl adjacent to an activating group) is 1. The van der Waals surface area contributed by atoms with Crippen LogP contribution in [0.4, 0.5) is 0 Å². The molecule has 0 fully saturated rings. The molecule has 20 heavy (non-hydrogen) atoms. The molecule has 3 rings (SSSR count). The summed E-state index contributed by atoms with van der Waals surface area (Å²) in [6.07, 6.45) is 0. The first kappa shape index (κ1) is 15.2. The van der Waals surface area contributed by atoms with Gasteiger partial charge in [0, 0.05) is 24.0 Å². The molecule has 1 unspecified atom stereocenters. The van der Waals surface area contributed by atoms with E-state index in [1.807, 2.05) is 30.3 Å². The van der Waals surface area contributed by atoms with Crippen molar-refractivity contribution in [3.63, 3.8) is 0 Å². The minimum atomic E-state index is 0. The minimum absolute atomic E-state index is 0. The molecule has 106 valence electrons. The summed E-state index contributed by atoms with van der Waals surface area (Å²) in [4.78, 5) is 2.27. The summed E-state index contributed by atoms with van der Waals surface area (Å²) in [6, 6.07) is 13.7. The predicted molar refractivity (Wildman–Crippen MR) is 85.0 cm³/mol. The zero-order chi connectivity index (χ0) is 13.4. The fraction of sp³-hybridized carbons (Fsp3) is 0.250. The summed E-state index contributed by atoms with van der Waals surface area (Å²) < 4.78 is 0. The van der Waals surface area contributed by atoms with E-state index in [0.717, 1.165) is 18.1 Å². The van der Waals surface area contributed by atoms with Crippen molar-refractivity contribution in [1.82, 2.24) is 4.90 Å². The molecule has 2 nitrogen and oxygen atoms in total. The van der Waals surface area contributed by atoms with Crippen molar-refractivity contribution in [2.45, 2.75) is 12.5 Å². The van der Waals surface area contributed by atoms with Crippen molar-refractivity contribution in [2.75, 3.05) is 13.6 Å². The number of rotatable bonds is 1. The molecule has 0 bridgehead atoms. The van der Waals surface area contributed by atoms with Gasteiger partial charge in [-0.2, -0.15) is 0 Å². The van der Waals surface area contributed by atoms with E-state index in [-0.39, 0.29) is 12.4 Å². The minimum Gasteiger partial charge on any atom is -0.508 e. The fourth-order valence-corrected chi connectivity index (χ4v) is 3.04. The van der Waals surface area contributed by atoms with Crippen molar-refractivity contribution in [2.24, 2.45) is 0 Å². The Labute approximate surface area is 130 Å². The Morgan fingerprint density at radius 2 is 2.00 bits per heavy atom. The van der Waals surface area contributed by atoms with Gasteiger partial charge < -0.3 is 10.0 Å². The summed E-state index contributed by atoms with van der Waals surface area (Å²) in [6.45, 7) is 1.85. The summed E-state index contributed by atoms with van der Waals surface area (Å²) in [5, 5.41) is 10.4. The molecule has 0 saturated heterocycles. The molecule has 0 saturated carbocycles. The molecule has 1 aliphatic rings. The number of phenols is 1. The second-order valence-electron chi connectivity index (χ2n) is 5.19. The van der Waals surface area contributed by atoms with E-state index in [2.05, 4.69) is 18.0 Å². The Morgan fingerprint density at radius 1 is 1.20 bits per heavy atom. The van der Waals surface area contributed by atoms with Crippen LogP contribution in [0, 0.1) is 0 Å². The molecule has 0 spiro atoms. The number of halogens is 2. The third-order valence-electron chi connectivity index (χ3n) is 3.69. The maximum atomic E-state index is 9.64. The maximum Gasteiger partial charge on any atom is 0.115 e. The van der Waals surface area contributed by atoms with Crippen LogP contribution in [0.1, 0.15) is 22.6 Å². The van der Waals surface area contributed by atoms with Gasteiger partial charge in [0.15, 0.2) is 0 Å². The van der Waals surface area contributed by atoms with Crippen molar-refractivity contribution >= 4 is 24.0 Å². The van der Waals surface area contributed by atoms with Gasteiger partial charge in [-0.15, -0.1) is 12.4 Å². The van der Waals surface area contributed by atoms with E-state index in [9.17, 15) is 5.11 Å². The lowest BCUT2D eigenvalue weighted by Crippen LogP contribution is -2.30. The van der Waals surface area contributed by atoms with Crippen LogP contribution in [0.2, 0.25) is 5.02 Å². The van der Waals surface area contributed by atoms with E-state index in [4.69, 9.17) is 11.6 Å². The molecule has 0 aromatic heterocycles. The monoisotopic (exact) mass is 309 g/mol. The SMILES string of the molecule is CN1Cc2cc(O)ccc2C(c2cccc(Cl)c2)C1.Cl. The van der Waals surface area contributed by atoms with Gasteiger partial charge in [0.2, 0.25) is 0 Å². The van der Waals surface area contributed by atoms with E-state index in [1.165, 1.54) is 16.7 Å². The van der Waals surface area contributed by atoms with Gasteiger partial charge in [0.1, 0.15) is 5.75 Å². The zero-order valence-electron chi connectivity index (χ0n) is 11.2. The number of aromatic hydroxyl groups is 1. The van der Waals surface area contributed by atoms with Crippen molar-refractivity contribution in [3.05, 3.63) is 64.2 Å². The van der Waals surface area contributed by atoms with Gasteiger partial charge in [-0.1, -0.05) is 29.8 Å². The van der Waals surface area contributed by atoms with Crippen molar-refractivity contribution in [1.29, 1.82) is 0 Å². The molecule has 0 radical (unpaired) electrons. The van der Waals surface area contributed by atoms with Gasteiger partial charge in [0.25, 0.3) is 0 Å². The Bertz CT molecular complexity index is 615. The van der Waals surface area contributed by atoms with Gasteiger partial charge in [0.05, 0.1) is 0 Å². The molecule has 0 amide bonds. The Hall–Kier alpha value is -1.22. The lowest BCUT2D eigenvalue weighted by molar-refractivity contribution is 0.294. The molecular weight excluding hydrogens is 293 g/mol. The number of hydrogen-bond acceptors (Lipinski definition) is 2. The average Bonchev–Trinajstić information content (AvgIpc) is 2.37. The van der Waals surface area contributed by atoms with Crippen LogP contribution in [0.15, 0.2) is 42.5 Å². The number of hydrogen-bond donors (Lipinski definition) is 1. The first-order chi connectivity index (χ1) is 9.13. The highest BCUT2D eigenvalue weighted by atomic mass is 35.5. The summed E-state index contributed by atoms with van der Waals surface area (Å²) in [5.41, 5.74) is 3.71. The van der Waals surface area contributed by atoms with Crippen LogP contribution >= 0.6 is 24.0 Å².